The number of rotatable bonds is 35. The molecule has 0 fully saturated rings. The Morgan fingerprint density at radius 2 is 0.568 bits per heavy atom. The summed E-state index contributed by atoms with van der Waals surface area (Å²) in [7, 11) is -3.09. The van der Waals surface area contributed by atoms with Crippen molar-refractivity contribution in [1.29, 1.82) is 0 Å². The summed E-state index contributed by atoms with van der Waals surface area (Å²) >= 11 is 0. The third-order valence-corrected chi connectivity index (χ3v) is 17.0. The zero-order valence-electron chi connectivity index (χ0n) is 47.0. The lowest BCUT2D eigenvalue weighted by Crippen LogP contribution is -2.13. The molecule has 0 atom stereocenters. The van der Waals surface area contributed by atoms with Gasteiger partial charge in [0.25, 0.3) is 0 Å². The van der Waals surface area contributed by atoms with Gasteiger partial charge in [0.15, 0.2) is 0 Å². The van der Waals surface area contributed by atoms with Gasteiger partial charge in [-0.2, -0.15) is 0 Å². The highest BCUT2D eigenvalue weighted by molar-refractivity contribution is 7.57. The highest BCUT2D eigenvalue weighted by Crippen LogP contribution is 2.46. The molecule has 6 rings (SSSR count). The van der Waals surface area contributed by atoms with Crippen molar-refractivity contribution in [2.75, 3.05) is 0 Å². The van der Waals surface area contributed by atoms with E-state index in [9.17, 15) is 0 Å². The van der Waals surface area contributed by atoms with Gasteiger partial charge in [0, 0.05) is 0 Å². The molecule has 0 heterocycles. The average Bonchev–Trinajstić information content (AvgIpc) is 3.43. The fraction of sp³-hybridized carbons (Fsp3) is 0.471. The van der Waals surface area contributed by atoms with Gasteiger partial charge in [0.2, 0.25) is 0 Å². The first kappa shape index (κ1) is 58.6. The van der Waals surface area contributed by atoms with Gasteiger partial charge in [0.1, 0.15) is 23.0 Å². The molecule has 0 aliphatic heterocycles. The molecule has 398 valence electrons. The predicted molar refractivity (Wildman–Crippen MR) is 322 cm³/mol. The van der Waals surface area contributed by atoms with Crippen molar-refractivity contribution >= 4 is 27.4 Å². The van der Waals surface area contributed by atoms with Crippen molar-refractivity contribution in [2.45, 2.75) is 209 Å². The van der Waals surface area contributed by atoms with Gasteiger partial charge >= 0.3 is 16.8 Å². The van der Waals surface area contributed by atoms with E-state index >= 15 is 0 Å². The van der Waals surface area contributed by atoms with E-state index in [-0.39, 0.29) is 0 Å². The first-order valence-corrected chi connectivity index (χ1v) is 31.7. The molecule has 6 heteroatoms. The topological polar surface area (TPSA) is 36.9 Å². The first-order valence-electron chi connectivity index (χ1n) is 29.3. The van der Waals surface area contributed by atoms with Crippen molar-refractivity contribution in [3.63, 3.8) is 0 Å². The van der Waals surface area contributed by atoms with Crippen molar-refractivity contribution in [3.8, 4) is 34.1 Å². The van der Waals surface area contributed by atoms with Crippen LogP contribution in [-0.4, -0.2) is 0 Å². The van der Waals surface area contributed by atoms with E-state index in [0.29, 0.717) is 0 Å². The molecular weight excluding hydrogens is 943 g/mol. The van der Waals surface area contributed by atoms with Gasteiger partial charge in [0.05, 0.1) is 10.6 Å². The summed E-state index contributed by atoms with van der Waals surface area (Å²) in [6.45, 7) is 18.2. The number of aryl methyl sites for hydroxylation is 8. The third kappa shape index (κ3) is 18.3. The van der Waals surface area contributed by atoms with Crippen LogP contribution in [0.15, 0.2) is 121 Å². The van der Waals surface area contributed by atoms with E-state index in [1.54, 1.807) is 0 Å². The molecule has 74 heavy (non-hydrogen) atoms. The van der Waals surface area contributed by atoms with Crippen LogP contribution in [0, 0.1) is 0 Å². The van der Waals surface area contributed by atoms with E-state index in [1.165, 1.54) is 95.9 Å². The molecular formula is C68H92O4P2. The Morgan fingerprint density at radius 1 is 0.270 bits per heavy atom. The van der Waals surface area contributed by atoms with Crippen molar-refractivity contribution in [1.82, 2.24) is 0 Å². The second-order valence-corrected chi connectivity index (χ2v) is 23.4. The highest BCUT2D eigenvalue weighted by atomic mass is 31.2. The molecule has 6 aromatic rings. The van der Waals surface area contributed by atoms with Gasteiger partial charge in [-0.25, -0.2) is 0 Å². The lowest BCUT2D eigenvalue weighted by molar-refractivity contribution is 0.492. The summed E-state index contributed by atoms with van der Waals surface area (Å²) < 4.78 is 28.8. The lowest BCUT2D eigenvalue weighted by Gasteiger charge is -2.24. The fourth-order valence-electron chi connectivity index (χ4n) is 9.46. The van der Waals surface area contributed by atoms with Gasteiger partial charge in [-0.15, -0.1) is 0 Å². The van der Waals surface area contributed by atoms with Gasteiger partial charge in [-0.05, 0) is 207 Å². The Kier molecular flexibility index (Phi) is 25.9. The molecule has 0 aliphatic rings. The standard InChI is InChI=1S/C68H92O4P2/c1-9-17-26-53-36-44-65(59(48-53)30-21-13-5)69-73(70-66-45-37-54(27-18-10-2)49-60(66)31-22-14-6)63-42-40-57(41-43-63)58-34-25-35-64(52-58)74(71-67-46-38-55(28-19-11-3)50-61(67)32-23-15-7)72-68-47-39-56(29-20-12-4)51-62(68)33-24-16-8/h25,34-52H,9-24,26-33H2,1-8H3. The normalized spacial score (nSPS) is 11.4. The van der Waals surface area contributed by atoms with E-state index in [2.05, 4.69) is 177 Å². The van der Waals surface area contributed by atoms with E-state index < -0.39 is 16.8 Å². The maximum absolute atomic E-state index is 7.23. The summed E-state index contributed by atoms with van der Waals surface area (Å²) in [6, 6.07) is 45.3. The van der Waals surface area contributed by atoms with E-state index in [0.717, 1.165) is 147 Å². The Hall–Kier alpha value is -4.62. The number of benzene rings is 6. The summed E-state index contributed by atoms with van der Waals surface area (Å²) in [5, 5.41) is 2.10. The minimum atomic E-state index is -1.56. The van der Waals surface area contributed by atoms with E-state index in [4.69, 9.17) is 18.1 Å². The van der Waals surface area contributed by atoms with Crippen molar-refractivity contribution in [2.24, 2.45) is 0 Å². The molecule has 0 bridgehead atoms. The maximum Gasteiger partial charge on any atom is 0.326 e. The van der Waals surface area contributed by atoms with Gasteiger partial charge in [-0.1, -0.05) is 180 Å². The Morgan fingerprint density at radius 3 is 0.878 bits per heavy atom. The van der Waals surface area contributed by atoms with Gasteiger partial charge < -0.3 is 18.1 Å². The zero-order chi connectivity index (χ0) is 52.3. The van der Waals surface area contributed by atoms with Crippen molar-refractivity contribution in [3.05, 3.63) is 166 Å². The molecule has 0 saturated heterocycles. The van der Waals surface area contributed by atoms with Crippen LogP contribution in [0.4, 0.5) is 0 Å². The fourth-order valence-corrected chi connectivity index (χ4v) is 12.2. The van der Waals surface area contributed by atoms with Crippen LogP contribution in [0.1, 0.15) is 203 Å². The summed E-state index contributed by atoms with van der Waals surface area (Å²) in [6.07, 6.45) is 26.8. The minimum absolute atomic E-state index is 0.935. The van der Waals surface area contributed by atoms with Crippen LogP contribution in [0.25, 0.3) is 11.1 Å². The lowest BCUT2D eigenvalue weighted by atomic mass is 10.0. The van der Waals surface area contributed by atoms with Crippen LogP contribution in [0.3, 0.4) is 0 Å². The van der Waals surface area contributed by atoms with Gasteiger partial charge in [-0.3, -0.25) is 0 Å². The summed E-state index contributed by atoms with van der Waals surface area (Å²) in [5.74, 6) is 3.74. The summed E-state index contributed by atoms with van der Waals surface area (Å²) in [4.78, 5) is 0. The molecule has 0 N–H and O–H groups in total. The van der Waals surface area contributed by atoms with Crippen LogP contribution in [0.2, 0.25) is 0 Å². The highest BCUT2D eigenvalue weighted by Gasteiger charge is 2.25. The van der Waals surface area contributed by atoms with E-state index in [1.807, 2.05) is 0 Å². The minimum Gasteiger partial charge on any atom is -0.435 e. The van der Waals surface area contributed by atoms with Crippen LogP contribution in [0.5, 0.6) is 23.0 Å². The molecule has 6 aromatic carbocycles. The quantitative estimate of drug-likeness (QED) is 0.0372. The Balaban J connectivity index is 1.39. The number of hydrogen-bond donors (Lipinski definition) is 0. The van der Waals surface area contributed by atoms with Crippen molar-refractivity contribution < 1.29 is 18.1 Å². The van der Waals surface area contributed by atoms with Crippen LogP contribution >= 0.6 is 16.8 Å². The molecule has 0 spiro atoms. The monoisotopic (exact) mass is 1030 g/mol. The number of hydrogen-bond acceptors (Lipinski definition) is 4. The largest absolute Gasteiger partial charge is 0.435 e. The second kappa shape index (κ2) is 32.7. The molecule has 4 nitrogen and oxygen atoms in total. The molecule has 0 aliphatic carbocycles. The molecule has 0 unspecified atom stereocenters. The molecule has 0 aromatic heterocycles. The maximum atomic E-state index is 7.23. The smallest absolute Gasteiger partial charge is 0.326 e. The first-order chi connectivity index (χ1) is 36.3. The Bertz CT molecular complexity index is 2420. The third-order valence-electron chi connectivity index (χ3n) is 14.2. The number of unbranched alkanes of at least 4 members (excludes halogenated alkanes) is 8. The summed E-state index contributed by atoms with van der Waals surface area (Å²) in [5.41, 5.74) is 12.9. The Labute approximate surface area is 452 Å². The molecule has 0 saturated carbocycles. The van der Waals surface area contributed by atoms with Crippen LogP contribution < -0.4 is 28.7 Å². The predicted octanol–water partition coefficient (Wildman–Crippen LogP) is 20.3. The average molecular weight is 1040 g/mol. The van der Waals surface area contributed by atoms with Crippen LogP contribution in [-0.2, 0) is 51.4 Å². The molecule has 0 amide bonds. The molecule has 0 radical (unpaired) electrons. The SMILES string of the molecule is CCCCc1ccc(OP(Oc2ccc(CCCC)cc2CCCC)c2ccc(-c3cccc(P(Oc4ccc(CCCC)cc4CCCC)Oc4ccc(CCCC)cc4CCCC)c3)cc2)c(CCCC)c1. The second-order valence-electron chi connectivity index (χ2n) is 20.6. The zero-order valence-corrected chi connectivity index (χ0v) is 48.8.